The third-order valence-electron chi connectivity index (χ3n) is 6.00. The second kappa shape index (κ2) is 9.90. The molecule has 33 heavy (non-hydrogen) atoms. The largest absolute Gasteiger partial charge is 0.445 e. The Balaban J connectivity index is 1.47. The summed E-state index contributed by atoms with van der Waals surface area (Å²) in [6, 6.07) is 11.9. The molecule has 0 saturated heterocycles. The van der Waals surface area contributed by atoms with Gasteiger partial charge in [0.2, 0.25) is 0 Å². The highest BCUT2D eigenvalue weighted by molar-refractivity contribution is 5.88. The Bertz CT molecular complexity index is 1230. The Kier molecular flexibility index (Phi) is 6.77. The van der Waals surface area contributed by atoms with Crippen molar-refractivity contribution < 1.29 is 23.5 Å². The topological polar surface area (TPSA) is 94.8 Å². The van der Waals surface area contributed by atoms with Gasteiger partial charge >= 0.3 is 17.7 Å². The van der Waals surface area contributed by atoms with Gasteiger partial charge in [0.25, 0.3) is 0 Å². The van der Waals surface area contributed by atoms with E-state index < -0.39 is 18.1 Å². The van der Waals surface area contributed by atoms with Gasteiger partial charge in [0.05, 0.1) is 0 Å². The average Bonchev–Trinajstić information content (AvgIpc) is 2.84. The molecule has 172 valence electrons. The fraction of sp³-hybridized carbons (Fsp3) is 0.346. The number of rotatable bonds is 6. The number of aryl methyl sites for hydroxylation is 2. The predicted molar refractivity (Wildman–Crippen MR) is 123 cm³/mol. The van der Waals surface area contributed by atoms with Gasteiger partial charge < -0.3 is 19.2 Å². The third-order valence-corrected chi connectivity index (χ3v) is 6.00. The summed E-state index contributed by atoms with van der Waals surface area (Å²) < 4.78 is 16.4. The van der Waals surface area contributed by atoms with Crippen molar-refractivity contribution in [3.8, 4) is 5.75 Å². The first-order valence-electron chi connectivity index (χ1n) is 11.2. The van der Waals surface area contributed by atoms with Gasteiger partial charge in [0, 0.05) is 16.5 Å². The molecule has 1 heterocycles. The smallest absolute Gasteiger partial charge is 0.408 e. The number of esters is 1. The van der Waals surface area contributed by atoms with Gasteiger partial charge in [-0.15, -0.1) is 0 Å². The van der Waals surface area contributed by atoms with E-state index in [1.165, 1.54) is 0 Å². The molecule has 1 amide bonds. The monoisotopic (exact) mass is 449 g/mol. The van der Waals surface area contributed by atoms with E-state index in [4.69, 9.17) is 13.9 Å². The van der Waals surface area contributed by atoms with Crippen molar-refractivity contribution in [3.05, 3.63) is 75.1 Å². The van der Waals surface area contributed by atoms with E-state index in [2.05, 4.69) is 5.32 Å². The summed E-state index contributed by atoms with van der Waals surface area (Å²) in [5.74, 6) is -0.318. The molecule has 1 atom stereocenters. The van der Waals surface area contributed by atoms with Crippen molar-refractivity contribution >= 4 is 23.0 Å². The highest BCUT2D eigenvalue weighted by Crippen LogP contribution is 2.32. The maximum absolute atomic E-state index is 12.8. The van der Waals surface area contributed by atoms with Crippen LogP contribution in [0.1, 0.15) is 48.4 Å². The van der Waals surface area contributed by atoms with Crippen LogP contribution in [0.25, 0.3) is 11.0 Å². The highest BCUT2D eigenvalue weighted by atomic mass is 16.6. The summed E-state index contributed by atoms with van der Waals surface area (Å²) in [5, 5.41) is 3.44. The minimum absolute atomic E-state index is 0.102. The van der Waals surface area contributed by atoms with Crippen LogP contribution in [-0.4, -0.2) is 18.1 Å². The molecule has 1 N–H and O–H groups in total. The molecule has 1 aliphatic rings. The van der Waals surface area contributed by atoms with Gasteiger partial charge in [0.15, 0.2) is 0 Å². The molecular formula is C26H27NO6. The third kappa shape index (κ3) is 4.92. The number of fused-ring (bicyclic) bond motifs is 3. The minimum Gasteiger partial charge on any atom is -0.445 e. The molecule has 2 aromatic carbocycles. The predicted octanol–water partition coefficient (Wildman–Crippen LogP) is 4.59. The molecule has 3 aromatic rings. The van der Waals surface area contributed by atoms with Crippen LogP contribution in [-0.2, 0) is 29.0 Å². The van der Waals surface area contributed by atoms with E-state index in [-0.39, 0.29) is 12.2 Å². The molecule has 1 aliphatic carbocycles. The Morgan fingerprint density at radius 1 is 1.06 bits per heavy atom. The van der Waals surface area contributed by atoms with E-state index in [0.717, 1.165) is 47.8 Å². The fourth-order valence-corrected chi connectivity index (χ4v) is 4.15. The maximum atomic E-state index is 12.8. The first kappa shape index (κ1) is 22.6. The quantitative estimate of drug-likeness (QED) is 0.336. The van der Waals surface area contributed by atoms with Crippen molar-refractivity contribution in [1.29, 1.82) is 0 Å². The zero-order valence-corrected chi connectivity index (χ0v) is 18.8. The van der Waals surface area contributed by atoms with Crippen LogP contribution >= 0.6 is 0 Å². The van der Waals surface area contributed by atoms with E-state index >= 15 is 0 Å². The van der Waals surface area contributed by atoms with Crippen molar-refractivity contribution in [1.82, 2.24) is 5.32 Å². The molecule has 1 aromatic heterocycles. The Labute approximate surface area is 191 Å². The molecular weight excluding hydrogens is 422 g/mol. The van der Waals surface area contributed by atoms with Gasteiger partial charge in [-0.2, -0.15) is 0 Å². The van der Waals surface area contributed by atoms with Crippen LogP contribution in [0.2, 0.25) is 0 Å². The van der Waals surface area contributed by atoms with Crippen LogP contribution in [0.15, 0.2) is 51.7 Å². The number of alkyl carbamates (subject to hydrolysis) is 1. The maximum Gasteiger partial charge on any atom is 0.408 e. The Morgan fingerprint density at radius 2 is 1.79 bits per heavy atom. The second-order valence-electron chi connectivity index (χ2n) is 8.21. The van der Waals surface area contributed by atoms with Crippen molar-refractivity contribution in [2.75, 3.05) is 0 Å². The lowest BCUT2D eigenvalue weighted by Gasteiger charge is -2.19. The van der Waals surface area contributed by atoms with E-state index in [1.807, 2.05) is 36.4 Å². The number of carbonyl (C=O) groups excluding carboxylic acids is 2. The number of benzene rings is 2. The molecule has 0 radical (unpaired) electrons. The number of hydrogen-bond donors (Lipinski definition) is 1. The summed E-state index contributed by atoms with van der Waals surface area (Å²) in [7, 11) is 0. The first-order valence-corrected chi connectivity index (χ1v) is 11.2. The van der Waals surface area contributed by atoms with Gasteiger partial charge in [0.1, 0.15) is 24.0 Å². The number of hydrogen-bond acceptors (Lipinski definition) is 6. The van der Waals surface area contributed by atoms with Crippen molar-refractivity contribution in [2.24, 2.45) is 0 Å². The summed E-state index contributed by atoms with van der Waals surface area (Å²) in [4.78, 5) is 37.4. The van der Waals surface area contributed by atoms with Gasteiger partial charge in [-0.25, -0.2) is 14.4 Å². The summed E-state index contributed by atoms with van der Waals surface area (Å²) in [6.07, 6.45) is 3.21. The van der Waals surface area contributed by atoms with Crippen molar-refractivity contribution in [3.63, 3.8) is 0 Å². The SMILES string of the molecule is CC[C@H](NC(=O)OCc1ccccc1)C(=O)Oc1ccc2c3c(c(=O)oc2c1C)CCCC3. The molecule has 7 nitrogen and oxygen atoms in total. The van der Waals surface area contributed by atoms with Crippen LogP contribution in [0.3, 0.4) is 0 Å². The van der Waals surface area contributed by atoms with E-state index in [1.54, 1.807) is 19.9 Å². The Morgan fingerprint density at radius 3 is 2.52 bits per heavy atom. The molecule has 0 bridgehead atoms. The lowest BCUT2D eigenvalue weighted by molar-refractivity contribution is -0.136. The number of nitrogens with one attached hydrogen (secondary N) is 1. The zero-order valence-electron chi connectivity index (χ0n) is 18.8. The molecule has 0 aliphatic heterocycles. The lowest BCUT2D eigenvalue weighted by Crippen LogP contribution is -2.42. The summed E-state index contributed by atoms with van der Waals surface area (Å²) in [5.41, 5.74) is 3.32. The van der Waals surface area contributed by atoms with Crippen LogP contribution < -0.4 is 15.7 Å². The molecule has 0 spiro atoms. The van der Waals surface area contributed by atoms with Gasteiger partial charge in [-0.05, 0) is 62.3 Å². The molecule has 0 saturated carbocycles. The highest BCUT2D eigenvalue weighted by Gasteiger charge is 2.24. The average molecular weight is 450 g/mol. The molecule has 7 heteroatoms. The molecule has 0 fully saturated rings. The number of ether oxygens (including phenoxy) is 2. The number of carbonyl (C=O) groups is 2. The standard InChI is InChI=1S/C26H27NO6/c1-3-21(27-26(30)31-15-17-9-5-4-6-10-17)25(29)32-22-14-13-19-18-11-7-8-12-20(18)24(28)33-23(19)16(22)2/h4-6,9-10,13-14,21H,3,7-8,11-12,15H2,1-2H3,(H,27,30)/t21-/m0/s1. The minimum atomic E-state index is -0.876. The molecule has 0 unspecified atom stereocenters. The Hall–Kier alpha value is -3.61. The zero-order chi connectivity index (χ0) is 23.4. The van der Waals surface area contributed by atoms with Crippen LogP contribution in [0.5, 0.6) is 5.75 Å². The van der Waals surface area contributed by atoms with Gasteiger partial charge in [-0.1, -0.05) is 37.3 Å². The molecule has 4 rings (SSSR count). The number of amides is 1. The first-order chi connectivity index (χ1) is 16.0. The lowest BCUT2D eigenvalue weighted by atomic mass is 9.90. The second-order valence-corrected chi connectivity index (χ2v) is 8.21. The summed E-state index contributed by atoms with van der Waals surface area (Å²) >= 11 is 0. The van der Waals surface area contributed by atoms with Crippen LogP contribution in [0, 0.1) is 6.92 Å². The van der Waals surface area contributed by atoms with E-state index in [9.17, 15) is 14.4 Å². The fourth-order valence-electron chi connectivity index (χ4n) is 4.15. The van der Waals surface area contributed by atoms with Crippen molar-refractivity contribution in [2.45, 2.75) is 58.6 Å². The van der Waals surface area contributed by atoms with E-state index in [0.29, 0.717) is 23.3 Å². The summed E-state index contributed by atoms with van der Waals surface area (Å²) in [6.45, 7) is 3.62. The van der Waals surface area contributed by atoms with Crippen LogP contribution in [0.4, 0.5) is 4.79 Å². The van der Waals surface area contributed by atoms with Gasteiger partial charge in [-0.3, -0.25) is 0 Å². The normalized spacial score (nSPS) is 13.8.